The number of nitrogens with two attached hydrogens (primary N) is 1. The molecule has 0 unspecified atom stereocenters. The van der Waals surface area contributed by atoms with Crippen molar-refractivity contribution in [1.82, 2.24) is 9.55 Å². The van der Waals surface area contributed by atoms with Crippen LogP contribution in [0.1, 0.15) is 6.23 Å². The molecule has 222 valence electrons. The molecule has 3 fully saturated rings. The van der Waals surface area contributed by atoms with Crippen molar-refractivity contribution >= 4 is 5.82 Å². The van der Waals surface area contributed by atoms with Crippen LogP contribution in [0.2, 0.25) is 0 Å². The lowest BCUT2D eigenvalue weighted by atomic mass is 9.98. The third-order valence-corrected chi connectivity index (χ3v) is 6.87. The van der Waals surface area contributed by atoms with Gasteiger partial charge in [-0.05, 0) is 6.07 Å². The Labute approximate surface area is 219 Å². The maximum atomic E-state index is 12.6. The number of aliphatic hydroxyl groups excluding tert-OH is 9. The third-order valence-electron chi connectivity index (χ3n) is 6.87. The Kier molecular flexibility index (Phi) is 9.51. The number of hydrogen-bond acceptors (Lipinski definition) is 17. The molecule has 3 aliphatic heterocycles. The van der Waals surface area contributed by atoms with E-state index in [9.17, 15) is 50.8 Å². The fourth-order valence-corrected chi connectivity index (χ4v) is 4.68. The highest BCUT2D eigenvalue weighted by atomic mass is 16.8. The van der Waals surface area contributed by atoms with Crippen molar-refractivity contribution in [1.29, 1.82) is 0 Å². The number of nitrogens with zero attached hydrogens (tertiary/aromatic N) is 2. The van der Waals surface area contributed by atoms with Gasteiger partial charge in [0.25, 0.3) is 0 Å². The van der Waals surface area contributed by atoms with Crippen molar-refractivity contribution in [3.63, 3.8) is 0 Å². The zero-order chi connectivity index (χ0) is 28.6. The molecule has 0 aromatic carbocycles. The monoisotopic (exact) mass is 567 g/mol. The SMILES string of the molecule is Nc1ccn([C@@H]2O[C@H](CO)[C@@H](O[C@@H]3O[C@H](CO)[C@H](O)[C@H](O)[C@H]3O)[C@@H]2O[C@@H]2O[C@H](CO)[C@H](O)[C@H](O)[C@H]2O)c(=O)n1. The lowest BCUT2D eigenvalue weighted by Crippen LogP contribution is -2.62. The molecule has 14 atom stereocenters. The summed E-state index contributed by atoms with van der Waals surface area (Å²) in [4.78, 5) is 16.2. The fraction of sp³-hybridized carbons (Fsp3) is 0.810. The maximum Gasteiger partial charge on any atom is 0.351 e. The molecule has 11 N–H and O–H groups in total. The first-order valence-electron chi connectivity index (χ1n) is 12.0. The quantitative estimate of drug-likeness (QED) is 0.140. The molecule has 0 aliphatic carbocycles. The number of anilines is 1. The minimum Gasteiger partial charge on any atom is -0.394 e. The van der Waals surface area contributed by atoms with Crippen molar-refractivity contribution in [3.05, 3.63) is 22.7 Å². The summed E-state index contributed by atoms with van der Waals surface area (Å²) in [5.74, 6) is -0.117. The first-order valence-corrected chi connectivity index (χ1v) is 12.0. The van der Waals surface area contributed by atoms with E-state index in [1.54, 1.807) is 0 Å². The first kappa shape index (κ1) is 30.1. The zero-order valence-electron chi connectivity index (χ0n) is 20.3. The van der Waals surface area contributed by atoms with Gasteiger partial charge in [0.2, 0.25) is 0 Å². The van der Waals surface area contributed by atoms with E-state index < -0.39 is 111 Å². The Bertz CT molecular complexity index is 1010. The van der Waals surface area contributed by atoms with Crippen LogP contribution >= 0.6 is 0 Å². The molecule has 0 amide bonds. The molecule has 3 saturated heterocycles. The van der Waals surface area contributed by atoms with E-state index in [4.69, 9.17) is 29.4 Å². The van der Waals surface area contributed by atoms with Crippen LogP contribution in [-0.4, -0.2) is 155 Å². The van der Waals surface area contributed by atoms with Gasteiger partial charge in [-0.3, -0.25) is 4.57 Å². The third kappa shape index (κ3) is 5.80. The summed E-state index contributed by atoms with van der Waals surface area (Å²) < 4.78 is 29.1. The molecule has 0 saturated carbocycles. The Morgan fingerprint density at radius 1 is 0.744 bits per heavy atom. The zero-order valence-corrected chi connectivity index (χ0v) is 20.3. The summed E-state index contributed by atoms with van der Waals surface area (Å²) in [5.41, 5.74) is 4.65. The van der Waals surface area contributed by atoms with E-state index in [1.807, 2.05) is 0 Å². The van der Waals surface area contributed by atoms with E-state index in [0.29, 0.717) is 0 Å². The van der Waals surface area contributed by atoms with Crippen LogP contribution in [0, 0.1) is 0 Å². The first-order chi connectivity index (χ1) is 18.5. The summed E-state index contributed by atoms with van der Waals surface area (Å²) in [6.07, 6.45) is -21.4. The minimum absolute atomic E-state index is 0.117. The normalized spacial score (nSPS) is 44.9. The van der Waals surface area contributed by atoms with E-state index in [0.717, 1.165) is 4.57 Å². The fourth-order valence-electron chi connectivity index (χ4n) is 4.68. The van der Waals surface area contributed by atoms with Gasteiger partial charge in [-0.25, -0.2) is 4.79 Å². The number of rotatable bonds is 8. The van der Waals surface area contributed by atoms with Gasteiger partial charge in [-0.1, -0.05) is 0 Å². The van der Waals surface area contributed by atoms with Crippen molar-refractivity contribution in [2.24, 2.45) is 0 Å². The Morgan fingerprint density at radius 2 is 1.23 bits per heavy atom. The van der Waals surface area contributed by atoms with Gasteiger partial charge in [0.15, 0.2) is 18.8 Å². The molecular weight excluding hydrogens is 534 g/mol. The Morgan fingerprint density at radius 3 is 1.69 bits per heavy atom. The Balaban J connectivity index is 1.68. The molecule has 0 bridgehead atoms. The van der Waals surface area contributed by atoms with Crippen LogP contribution in [0.4, 0.5) is 5.82 Å². The van der Waals surface area contributed by atoms with Crippen molar-refractivity contribution in [2.75, 3.05) is 25.6 Å². The predicted molar refractivity (Wildman–Crippen MR) is 121 cm³/mol. The van der Waals surface area contributed by atoms with Crippen LogP contribution in [0.15, 0.2) is 17.1 Å². The molecule has 39 heavy (non-hydrogen) atoms. The molecule has 0 radical (unpaired) electrons. The number of nitrogen functional groups attached to an aromatic ring is 1. The highest BCUT2D eigenvalue weighted by Gasteiger charge is 2.54. The summed E-state index contributed by atoms with van der Waals surface area (Å²) in [6.45, 7) is -2.26. The minimum atomic E-state index is -1.87. The molecule has 0 spiro atoms. The summed E-state index contributed by atoms with van der Waals surface area (Å²) >= 11 is 0. The van der Waals surface area contributed by atoms with Crippen molar-refractivity contribution in [2.45, 2.75) is 86.0 Å². The number of aromatic nitrogens is 2. The molecular formula is C21H33N3O15. The second kappa shape index (κ2) is 12.3. The van der Waals surface area contributed by atoms with Gasteiger partial charge >= 0.3 is 5.69 Å². The smallest absolute Gasteiger partial charge is 0.351 e. The lowest BCUT2D eigenvalue weighted by Gasteiger charge is -2.43. The van der Waals surface area contributed by atoms with Gasteiger partial charge < -0.3 is 75.4 Å². The molecule has 3 aliphatic rings. The van der Waals surface area contributed by atoms with E-state index in [2.05, 4.69) is 4.98 Å². The van der Waals surface area contributed by atoms with Gasteiger partial charge in [-0.15, -0.1) is 0 Å². The maximum absolute atomic E-state index is 12.6. The van der Waals surface area contributed by atoms with E-state index >= 15 is 0 Å². The number of aliphatic hydroxyl groups is 9. The van der Waals surface area contributed by atoms with Gasteiger partial charge in [0.1, 0.15) is 73.0 Å². The average molecular weight is 568 g/mol. The second-order valence-electron chi connectivity index (χ2n) is 9.39. The van der Waals surface area contributed by atoms with E-state index in [1.165, 1.54) is 12.3 Å². The van der Waals surface area contributed by atoms with Crippen LogP contribution in [0.3, 0.4) is 0 Å². The standard InChI is InChI=1S/C21H33N3O15/c22-9-1-2-24(21(34)23-9)18-17(39-20-15(33)13(31)11(29)7(4-26)37-20)16(8(5-27)35-18)38-19-14(32)12(30)10(28)6(3-25)36-19/h1-2,6-8,10-20,25-33H,3-5H2,(H2,22,23,34)/t6-,7-,8-,10+,11+,12+,13+,14-,15-,16-,17+,18-,19+,20+/m1/s1. The lowest BCUT2D eigenvalue weighted by molar-refractivity contribution is -0.340. The predicted octanol–water partition coefficient (Wildman–Crippen LogP) is -6.91. The van der Waals surface area contributed by atoms with Gasteiger partial charge in [0, 0.05) is 6.20 Å². The van der Waals surface area contributed by atoms with Crippen molar-refractivity contribution < 1.29 is 69.6 Å². The van der Waals surface area contributed by atoms with Gasteiger partial charge in [-0.2, -0.15) is 4.98 Å². The molecule has 18 nitrogen and oxygen atoms in total. The summed E-state index contributed by atoms with van der Waals surface area (Å²) in [5, 5.41) is 90.5. The van der Waals surface area contributed by atoms with Crippen LogP contribution < -0.4 is 11.4 Å². The highest BCUT2D eigenvalue weighted by molar-refractivity contribution is 5.23. The average Bonchev–Trinajstić information content (AvgIpc) is 3.25. The molecule has 1 aromatic rings. The molecule has 4 heterocycles. The van der Waals surface area contributed by atoms with Crippen LogP contribution in [-0.2, 0) is 23.7 Å². The summed E-state index contributed by atoms with van der Waals surface area (Å²) in [6, 6.07) is 1.26. The van der Waals surface area contributed by atoms with E-state index in [-0.39, 0.29) is 5.82 Å². The second-order valence-corrected chi connectivity index (χ2v) is 9.39. The van der Waals surface area contributed by atoms with Crippen molar-refractivity contribution in [3.8, 4) is 0 Å². The molecule has 1 aromatic heterocycles. The summed E-state index contributed by atoms with van der Waals surface area (Å²) in [7, 11) is 0. The molecule has 4 rings (SSSR count). The molecule has 18 heteroatoms. The number of hydrogen-bond donors (Lipinski definition) is 10. The van der Waals surface area contributed by atoms with Gasteiger partial charge in [0.05, 0.1) is 19.8 Å². The highest BCUT2D eigenvalue weighted by Crippen LogP contribution is 2.37. The van der Waals surface area contributed by atoms with Crippen LogP contribution in [0.25, 0.3) is 0 Å². The Hall–Kier alpha value is -1.88. The topological polar surface area (TPSA) is 289 Å². The largest absolute Gasteiger partial charge is 0.394 e. The number of ether oxygens (including phenoxy) is 5. The van der Waals surface area contributed by atoms with Crippen LogP contribution in [0.5, 0.6) is 0 Å².